The molecule has 19 heavy (non-hydrogen) atoms. The number of amides is 1. The predicted molar refractivity (Wildman–Crippen MR) is 76.9 cm³/mol. The third kappa shape index (κ3) is 4.04. The average molecular weight is 346 g/mol. The van der Waals surface area contributed by atoms with Gasteiger partial charge in [-0.15, -0.1) is 11.3 Å². The van der Waals surface area contributed by atoms with Gasteiger partial charge in [0.05, 0.1) is 12.5 Å². The summed E-state index contributed by atoms with van der Waals surface area (Å²) >= 11 is 4.96. The van der Waals surface area contributed by atoms with Crippen LogP contribution in [0.25, 0.3) is 0 Å². The fourth-order valence-electron chi connectivity index (χ4n) is 2.42. The molecule has 1 saturated carbocycles. The molecule has 0 spiro atoms. The summed E-state index contributed by atoms with van der Waals surface area (Å²) in [6, 6.07) is 1.98. The van der Waals surface area contributed by atoms with Crippen LogP contribution in [0.15, 0.2) is 15.9 Å². The van der Waals surface area contributed by atoms with Crippen LogP contribution in [0, 0.1) is 11.8 Å². The molecule has 1 aromatic heterocycles. The maximum atomic E-state index is 12.0. The number of carboxylic acid groups (broad SMARTS) is 1. The number of thiophene rings is 1. The molecule has 6 heteroatoms. The van der Waals surface area contributed by atoms with Crippen molar-refractivity contribution in [2.45, 2.75) is 32.2 Å². The lowest BCUT2D eigenvalue weighted by Crippen LogP contribution is -2.34. The molecule has 1 aliphatic rings. The Labute approximate surface area is 124 Å². The molecule has 1 heterocycles. The molecule has 1 fully saturated rings. The number of carbonyl (C=O) groups excluding carboxylic acids is 1. The van der Waals surface area contributed by atoms with E-state index in [4.69, 9.17) is 5.11 Å². The van der Waals surface area contributed by atoms with Crippen LogP contribution in [0.5, 0.6) is 0 Å². The zero-order chi connectivity index (χ0) is 13.8. The van der Waals surface area contributed by atoms with E-state index in [0.717, 1.165) is 22.2 Å². The summed E-state index contributed by atoms with van der Waals surface area (Å²) in [4.78, 5) is 24.1. The molecule has 104 valence electrons. The summed E-state index contributed by atoms with van der Waals surface area (Å²) in [5.74, 6) is -1.31. The molecule has 0 aromatic carbocycles. The fourth-order valence-corrected chi connectivity index (χ4v) is 3.81. The van der Waals surface area contributed by atoms with Gasteiger partial charge in [-0.2, -0.15) is 0 Å². The van der Waals surface area contributed by atoms with E-state index in [1.54, 1.807) is 11.3 Å². The minimum Gasteiger partial charge on any atom is -0.481 e. The molecule has 1 amide bonds. The monoisotopic (exact) mass is 345 g/mol. The van der Waals surface area contributed by atoms with Gasteiger partial charge in [0.25, 0.3) is 0 Å². The molecule has 1 aliphatic carbocycles. The Morgan fingerprint density at radius 3 is 2.79 bits per heavy atom. The molecule has 2 unspecified atom stereocenters. The smallest absolute Gasteiger partial charge is 0.306 e. The Kier molecular flexibility index (Phi) is 4.99. The molecular weight excluding hydrogens is 330 g/mol. The minimum atomic E-state index is -0.778. The normalized spacial score (nSPS) is 23.0. The summed E-state index contributed by atoms with van der Waals surface area (Å²) < 4.78 is 1.02. The third-order valence-electron chi connectivity index (χ3n) is 3.45. The quantitative estimate of drug-likeness (QED) is 0.881. The zero-order valence-corrected chi connectivity index (χ0v) is 12.8. The first-order chi connectivity index (χ1) is 9.06. The van der Waals surface area contributed by atoms with E-state index < -0.39 is 5.97 Å². The van der Waals surface area contributed by atoms with Crippen LogP contribution in [0.3, 0.4) is 0 Å². The van der Waals surface area contributed by atoms with Gasteiger partial charge in [0, 0.05) is 20.6 Å². The number of hydrogen-bond acceptors (Lipinski definition) is 3. The van der Waals surface area contributed by atoms with Crippen LogP contribution in [-0.2, 0) is 16.1 Å². The number of carbonyl (C=O) groups is 2. The van der Waals surface area contributed by atoms with Crippen LogP contribution in [0.4, 0.5) is 0 Å². The molecule has 0 saturated heterocycles. The second kappa shape index (κ2) is 6.52. The maximum absolute atomic E-state index is 12.0. The number of carboxylic acids is 1. The van der Waals surface area contributed by atoms with Crippen molar-refractivity contribution in [3.8, 4) is 0 Å². The van der Waals surface area contributed by atoms with E-state index in [0.29, 0.717) is 19.4 Å². The standard InChI is InChI=1S/C13H16BrNO3S/c14-10-5-11(19-7-10)6-15-12(16)8-2-1-3-9(4-8)13(17)18/h5,7-9H,1-4,6H2,(H,15,16)(H,17,18). The summed E-state index contributed by atoms with van der Waals surface area (Å²) in [5.41, 5.74) is 0. The Bertz CT molecular complexity index is 474. The van der Waals surface area contributed by atoms with Crippen molar-refractivity contribution in [3.05, 3.63) is 20.8 Å². The maximum Gasteiger partial charge on any atom is 0.306 e. The topological polar surface area (TPSA) is 66.4 Å². The molecule has 2 atom stereocenters. The van der Waals surface area contributed by atoms with Crippen LogP contribution in [-0.4, -0.2) is 17.0 Å². The first kappa shape index (κ1) is 14.5. The van der Waals surface area contributed by atoms with Crippen molar-refractivity contribution < 1.29 is 14.7 Å². The summed E-state index contributed by atoms with van der Waals surface area (Å²) in [6.45, 7) is 0.517. The Morgan fingerprint density at radius 2 is 2.16 bits per heavy atom. The van der Waals surface area contributed by atoms with E-state index in [9.17, 15) is 9.59 Å². The Morgan fingerprint density at radius 1 is 1.42 bits per heavy atom. The molecule has 1 aromatic rings. The largest absolute Gasteiger partial charge is 0.481 e. The lowest BCUT2D eigenvalue weighted by atomic mass is 9.81. The predicted octanol–water partition coefficient (Wildman–Crippen LogP) is 3.02. The van der Waals surface area contributed by atoms with Crippen LogP contribution >= 0.6 is 27.3 Å². The van der Waals surface area contributed by atoms with Crippen molar-refractivity contribution in [3.63, 3.8) is 0 Å². The number of rotatable bonds is 4. The van der Waals surface area contributed by atoms with Gasteiger partial charge in [-0.05, 0) is 41.3 Å². The van der Waals surface area contributed by atoms with Gasteiger partial charge in [-0.1, -0.05) is 6.42 Å². The SMILES string of the molecule is O=C(O)C1CCCC(C(=O)NCc2cc(Br)cs2)C1. The molecule has 2 rings (SSSR count). The Hall–Kier alpha value is -0.880. The summed E-state index contributed by atoms with van der Waals surface area (Å²) in [5, 5.41) is 13.9. The van der Waals surface area contributed by atoms with E-state index >= 15 is 0 Å². The molecular formula is C13H16BrNO3S. The van der Waals surface area contributed by atoms with Gasteiger partial charge < -0.3 is 10.4 Å². The highest BCUT2D eigenvalue weighted by Gasteiger charge is 2.30. The average Bonchev–Trinajstić information content (AvgIpc) is 2.82. The van der Waals surface area contributed by atoms with Crippen LogP contribution in [0.1, 0.15) is 30.6 Å². The molecule has 2 N–H and O–H groups in total. The van der Waals surface area contributed by atoms with Crippen molar-refractivity contribution in [2.75, 3.05) is 0 Å². The zero-order valence-electron chi connectivity index (χ0n) is 10.4. The first-order valence-electron chi connectivity index (χ1n) is 6.29. The highest BCUT2D eigenvalue weighted by Crippen LogP contribution is 2.29. The lowest BCUT2D eigenvalue weighted by molar-refractivity contribution is -0.144. The molecule has 0 radical (unpaired) electrons. The van der Waals surface area contributed by atoms with Crippen molar-refractivity contribution in [1.82, 2.24) is 5.32 Å². The number of halogens is 1. The van der Waals surface area contributed by atoms with Gasteiger partial charge in [0.15, 0.2) is 0 Å². The van der Waals surface area contributed by atoms with Gasteiger partial charge >= 0.3 is 5.97 Å². The summed E-state index contributed by atoms with van der Waals surface area (Å²) in [6.07, 6.45) is 2.77. The second-order valence-electron chi connectivity index (χ2n) is 4.85. The molecule has 0 bridgehead atoms. The minimum absolute atomic E-state index is 0.0181. The van der Waals surface area contributed by atoms with Crippen LogP contribution in [0.2, 0.25) is 0 Å². The van der Waals surface area contributed by atoms with Gasteiger partial charge in [-0.3, -0.25) is 9.59 Å². The number of nitrogens with one attached hydrogen (secondary N) is 1. The fraction of sp³-hybridized carbons (Fsp3) is 0.538. The van der Waals surface area contributed by atoms with Crippen molar-refractivity contribution >= 4 is 39.1 Å². The molecule has 4 nitrogen and oxygen atoms in total. The second-order valence-corrected chi connectivity index (χ2v) is 6.76. The number of aliphatic carboxylic acids is 1. The first-order valence-corrected chi connectivity index (χ1v) is 7.97. The highest BCUT2D eigenvalue weighted by atomic mass is 79.9. The van der Waals surface area contributed by atoms with Crippen molar-refractivity contribution in [2.24, 2.45) is 11.8 Å². The highest BCUT2D eigenvalue weighted by molar-refractivity contribution is 9.10. The van der Waals surface area contributed by atoms with E-state index in [2.05, 4.69) is 21.2 Å². The van der Waals surface area contributed by atoms with Crippen molar-refractivity contribution in [1.29, 1.82) is 0 Å². The molecule has 0 aliphatic heterocycles. The van der Waals surface area contributed by atoms with Gasteiger partial charge in [0.1, 0.15) is 0 Å². The van der Waals surface area contributed by atoms with Gasteiger partial charge in [0.2, 0.25) is 5.91 Å². The lowest BCUT2D eigenvalue weighted by Gasteiger charge is -2.25. The van der Waals surface area contributed by atoms with Gasteiger partial charge in [-0.25, -0.2) is 0 Å². The third-order valence-corrected chi connectivity index (χ3v) is 5.15. The Balaban J connectivity index is 1.84. The van der Waals surface area contributed by atoms with E-state index in [1.807, 2.05) is 11.4 Å². The van der Waals surface area contributed by atoms with E-state index in [1.165, 1.54) is 0 Å². The van der Waals surface area contributed by atoms with E-state index in [-0.39, 0.29) is 17.7 Å². The van der Waals surface area contributed by atoms with Crippen LogP contribution < -0.4 is 5.32 Å². The summed E-state index contributed by atoms with van der Waals surface area (Å²) in [7, 11) is 0. The number of hydrogen-bond donors (Lipinski definition) is 2.